The second-order valence-corrected chi connectivity index (χ2v) is 10.8. The number of pyridine rings is 1. The monoisotopic (exact) mass is 495 g/mol. The van der Waals surface area contributed by atoms with Gasteiger partial charge in [0.2, 0.25) is 0 Å². The number of hydrogen-bond acceptors (Lipinski definition) is 6. The fourth-order valence-corrected chi connectivity index (χ4v) is 6.02. The number of hydrogen-bond donors (Lipinski definition) is 1. The van der Waals surface area contributed by atoms with E-state index in [1.54, 1.807) is 0 Å². The Balaban J connectivity index is 1.38. The predicted molar refractivity (Wildman–Crippen MR) is 137 cm³/mol. The number of halogens is 2. The second-order valence-electron chi connectivity index (χ2n) is 10.4. The number of nitrogens with zero attached hydrogens (tertiary/aromatic N) is 5. The van der Waals surface area contributed by atoms with Crippen molar-refractivity contribution in [2.45, 2.75) is 63.1 Å². The van der Waals surface area contributed by atoms with Crippen LogP contribution in [-0.2, 0) is 5.67 Å². The number of fused-ring (bicyclic) bond motifs is 1. The Morgan fingerprint density at radius 1 is 1.09 bits per heavy atom. The lowest BCUT2D eigenvalue weighted by atomic mass is 9.81. The third-order valence-corrected chi connectivity index (χ3v) is 8.31. The molecule has 0 radical (unpaired) electrons. The number of alkyl halides is 1. The molecule has 2 aliphatic heterocycles. The zero-order valence-electron chi connectivity index (χ0n) is 20.1. The van der Waals surface area contributed by atoms with Gasteiger partial charge in [-0.2, -0.15) is 0 Å². The number of rotatable bonds is 4. The van der Waals surface area contributed by atoms with E-state index < -0.39 is 5.67 Å². The van der Waals surface area contributed by atoms with Crippen molar-refractivity contribution >= 4 is 34.0 Å². The van der Waals surface area contributed by atoms with Crippen LogP contribution < -0.4 is 9.80 Å². The molecule has 35 heavy (non-hydrogen) atoms. The SMILES string of the molecule is Cc1cccnc1C1CCN(c2nc(C3(F)CCC3)nc3c(Cl)cc(N4CC[C@@H](O)C4)cc23)CC1. The molecule has 1 aliphatic carbocycles. The Morgan fingerprint density at radius 3 is 2.51 bits per heavy atom. The van der Waals surface area contributed by atoms with Crippen LogP contribution in [0.3, 0.4) is 0 Å². The maximum Gasteiger partial charge on any atom is 0.170 e. The molecular formula is C27H31ClFN5O. The van der Waals surface area contributed by atoms with E-state index in [-0.39, 0.29) is 11.9 Å². The number of aliphatic hydroxyl groups is 1. The number of benzene rings is 1. The number of β-amino-alcohol motifs (C(OH)–C–C–N with tert-alkyl or cyclic N) is 1. The van der Waals surface area contributed by atoms with Gasteiger partial charge in [0.05, 0.1) is 16.6 Å². The number of aliphatic hydroxyl groups excluding tert-OH is 1. The van der Waals surface area contributed by atoms with Gasteiger partial charge in [-0.3, -0.25) is 4.98 Å². The highest BCUT2D eigenvalue weighted by molar-refractivity contribution is 6.35. The highest BCUT2D eigenvalue weighted by Gasteiger charge is 2.43. The van der Waals surface area contributed by atoms with Crippen LogP contribution in [0.5, 0.6) is 0 Å². The number of aryl methyl sites for hydroxylation is 1. The highest BCUT2D eigenvalue weighted by atomic mass is 35.5. The molecule has 3 aliphatic rings. The van der Waals surface area contributed by atoms with Gasteiger partial charge >= 0.3 is 0 Å². The van der Waals surface area contributed by atoms with Crippen LogP contribution >= 0.6 is 11.6 Å². The van der Waals surface area contributed by atoms with Gasteiger partial charge in [0.25, 0.3) is 0 Å². The molecule has 3 aromatic rings. The van der Waals surface area contributed by atoms with Crippen LogP contribution in [0.4, 0.5) is 15.9 Å². The standard InChI is InChI=1S/C27H31ClFN5O/c1-17-4-2-10-30-23(17)18-5-11-33(12-6-18)25-21-14-19(34-13-7-20(35)16-34)15-22(28)24(21)31-26(32-25)27(29)8-3-9-27/h2,4,10,14-15,18,20,35H,3,5-9,11-13,16H2,1H3/t20-/m1/s1. The fraction of sp³-hybridized carbons (Fsp3) is 0.519. The Hall–Kier alpha value is -2.51. The summed E-state index contributed by atoms with van der Waals surface area (Å²) in [5, 5.41) is 11.4. The van der Waals surface area contributed by atoms with Gasteiger partial charge in [0.15, 0.2) is 11.5 Å². The van der Waals surface area contributed by atoms with Crippen LogP contribution in [0.15, 0.2) is 30.5 Å². The highest BCUT2D eigenvalue weighted by Crippen LogP contribution is 2.46. The Bertz CT molecular complexity index is 1260. The lowest BCUT2D eigenvalue weighted by Crippen LogP contribution is -2.36. The zero-order valence-corrected chi connectivity index (χ0v) is 20.8. The molecule has 1 saturated carbocycles. The van der Waals surface area contributed by atoms with Gasteiger partial charge in [-0.05, 0) is 69.2 Å². The third-order valence-electron chi connectivity index (χ3n) is 8.03. The zero-order chi connectivity index (χ0) is 24.2. The summed E-state index contributed by atoms with van der Waals surface area (Å²) >= 11 is 6.76. The average Bonchev–Trinajstić information content (AvgIpc) is 3.29. The predicted octanol–water partition coefficient (Wildman–Crippen LogP) is 5.29. The summed E-state index contributed by atoms with van der Waals surface area (Å²) in [6.45, 7) is 5.11. The van der Waals surface area contributed by atoms with Crippen molar-refractivity contribution in [3.63, 3.8) is 0 Å². The van der Waals surface area contributed by atoms with Gasteiger partial charge in [0.1, 0.15) is 5.82 Å². The molecule has 8 heteroatoms. The normalized spacial score (nSPS) is 22.6. The quantitative estimate of drug-likeness (QED) is 0.530. The van der Waals surface area contributed by atoms with Gasteiger partial charge in [0, 0.05) is 55.1 Å². The van der Waals surface area contributed by atoms with Crippen LogP contribution in [0.2, 0.25) is 5.02 Å². The molecule has 4 heterocycles. The lowest BCUT2D eigenvalue weighted by Gasteiger charge is -2.36. The van der Waals surface area contributed by atoms with Gasteiger partial charge in [-0.25, -0.2) is 14.4 Å². The fourth-order valence-electron chi connectivity index (χ4n) is 5.76. The molecular weight excluding hydrogens is 465 g/mol. The summed E-state index contributed by atoms with van der Waals surface area (Å²) in [4.78, 5) is 18.6. The molecule has 0 bridgehead atoms. The van der Waals surface area contributed by atoms with Crippen molar-refractivity contribution in [1.29, 1.82) is 0 Å². The van der Waals surface area contributed by atoms with E-state index >= 15 is 4.39 Å². The molecule has 0 spiro atoms. The first kappa shape index (κ1) is 22.9. The number of piperidine rings is 1. The number of aromatic nitrogens is 3. The molecule has 6 nitrogen and oxygen atoms in total. The maximum atomic E-state index is 15.5. The van der Waals surface area contributed by atoms with Crippen molar-refractivity contribution in [3.05, 3.63) is 52.6 Å². The van der Waals surface area contributed by atoms with Crippen molar-refractivity contribution in [1.82, 2.24) is 15.0 Å². The summed E-state index contributed by atoms with van der Waals surface area (Å²) in [5.41, 5.74) is 2.51. The first-order valence-electron chi connectivity index (χ1n) is 12.7. The third kappa shape index (κ3) is 4.12. The number of anilines is 2. The van der Waals surface area contributed by atoms with E-state index in [2.05, 4.69) is 38.8 Å². The van der Waals surface area contributed by atoms with E-state index in [9.17, 15) is 5.11 Å². The largest absolute Gasteiger partial charge is 0.391 e. The van der Waals surface area contributed by atoms with Crippen molar-refractivity contribution < 1.29 is 9.50 Å². The Morgan fingerprint density at radius 2 is 1.86 bits per heavy atom. The molecule has 0 unspecified atom stereocenters. The summed E-state index contributed by atoms with van der Waals surface area (Å²) in [7, 11) is 0. The molecule has 1 aromatic carbocycles. The van der Waals surface area contributed by atoms with Crippen LogP contribution in [0.1, 0.15) is 61.5 Å². The van der Waals surface area contributed by atoms with Gasteiger partial charge in [-0.1, -0.05) is 17.7 Å². The van der Waals surface area contributed by atoms with Crippen LogP contribution in [0, 0.1) is 6.92 Å². The van der Waals surface area contributed by atoms with Gasteiger partial charge < -0.3 is 14.9 Å². The average molecular weight is 496 g/mol. The first-order chi connectivity index (χ1) is 16.9. The Kier molecular flexibility index (Phi) is 5.80. The van der Waals surface area contributed by atoms with E-state index in [0.29, 0.717) is 35.8 Å². The van der Waals surface area contributed by atoms with E-state index in [1.807, 2.05) is 18.3 Å². The molecule has 1 N–H and O–H groups in total. The summed E-state index contributed by atoms with van der Waals surface area (Å²) in [6.07, 6.45) is 5.98. The minimum Gasteiger partial charge on any atom is -0.391 e. The van der Waals surface area contributed by atoms with Gasteiger partial charge in [-0.15, -0.1) is 0 Å². The molecule has 3 fully saturated rings. The van der Waals surface area contributed by atoms with E-state index in [0.717, 1.165) is 62.2 Å². The molecule has 1 atom stereocenters. The summed E-state index contributed by atoms with van der Waals surface area (Å²) in [6, 6.07) is 8.07. The molecule has 6 rings (SSSR count). The summed E-state index contributed by atoms with van der Waals surface area (Å²) < 4.78 is 15.5. The van der Waals surface area contributed by atoms with Crippen molar-refractivity contribution in [2.75, 3.05) is 36.0 Å². The molecule has 0 amide bonds. The maximum absolute atomic E-state index is 15.5. The van der Waals surface area contributed by atoms with E-state index in [1.165, 1.54) is 11.3 Å². The Labute approximate surface area is 210 Å². The van der Waals surface area contributed by atoms with Crippen LogP contribution in [0.25, 0.3) is 10.9 Å². The smallest absolute Gasteiger partial charge is 0.170 e. The lowest BCUT2D eigenvalue weighted by molar-refractivity contribution is 0.0512. The van der Waals surface area contributed by atoms with Crippen molar-refractivity contribution in [2.24, 2.45) is 0 Å². The summed E-state index contributed by atoms with van der Waals surface area (Å²) in [5.74, 6) is 1.44. The van der Waals surface area contributed by atoms with Crippen LogP contribution in [-0.4, -0.2) is 52.3 Å². The topological polar surface area (TPSA) is 65.4 Å². The molecule has 184 valence electrons. The first-order valence-corrected chi connectivity index (χ1v) is 13.1. The second kappa shape index (κ2) is 8.86. The minimum absolute atomic E-state index is 0.264. The molecule has 2 saturated heterocycles. The van der Waals surface area contributed by atoms with E-state index in [4.69, 9.17) is 16.6 Å². The minimum atomic E-state index is -1.46. The van der Waals surface area contributed by atoms with Crippen molar-refractivity contribution in [3.8, 4) is 0 Å². The molecule has 2 aromatic heterocycles.